The van der Waals surface area contributed by atoms with Crippen LogP contribution in [0, 0.1) is 5.92 Å². The number of hydrogen-bond acceptors (Lipinski definition) is 7. The summed E-state index contributed by atoms with van der Waals surface area (Å²) in [6.45, 7) is 11.0. The number of aliphatic hydroxyl groups is 1. The summed E-state index contributed by atoms with van der Waals surface area (Å²) < 4.78 is 16.1. The zero-order chi connectivity index (χ0) is 34.5. The van der Waals surface area contributed by atoms with Crippen LogP contribution < -0.4 is 0 Å². The van der Waals surface area contributed by atoms with E-state index in [1.54, 1.807) is 0 Å². The fraction of sp³-hybridized carbons (Fsp3) is 0.950. The molecule has 280 valence electrons. The molecule has 0 fully saturated rings. The van der Waals surface area contributed by atoms with Gasteiger partial charge in [0.25, 0.3) is 0 Å². The Balaban J connectivity index is 3.91. The Labute approximate surface area is 291 Å². The van der Waals surface area contributed by atoms with E-state index in [1.807, 2.05) is 0 Å². The maximum absolute atomic E-state index is 12.8. The van der Waals surface area contributed by atoms with Crippen LogP contribution >= 0.6 is 0 Å². The van der Waals surface area contributed by atoms with Crippen LogP contribution in [-0.4, -0.2) is 68.2 Å². The van der Waals surface area contributed by atoms with Gasteiger partial charge in [-0.05, 0) is 58.0 Å². The first-order valence-corrected chi connectivity index (χ1v) is 20.4. The predicted molar refractivity (Wildman–Crippen MR) is 197 cm³/mol. The van der Waals surface area contributed by atoms with Crippen molar-refractivity contribution in [2.75, 3.05) is 46.1 Å². The summed E-state index contributed by atoms with van der Waals surface area (Å²) in [5.74, 6) is 0.119. The molecule has 7 nitrogen and oxygen atoms in total. The molecule has 0 rings (SSSR count). The molecule has 0 bridgehead atoms. The predicted octanol–water partition coefficient (Wildman–Crippen LogP) is 11.2. The fourth-order valence-corrected chi connectivity index (χ4v) is 6.13. The lowest BCUT2D eigenvalue weighted by molar-refractivity contribution is -0.149. The monoisotopic (exact) mass is 670 g/mol. The maximum Gasteiger partial charge on any atom is 0.508 e. The van der Waals surface area contributed by atoms with Crippen LogP contribution in [0.1, 0.15) is 194 Å². The smallest absolute Gasteiger partial charge is 0.465 e. The number of aliphatic hydroxyl groups excluding tert-OH is 1. The normalized spacial score (nSPS) is 12.0. The summed E-state index contributed by atoms with van der Waals surface area (Å²) in [4.78, 5) is 26.9. The second-order valence-electron chi connectivity index (χ2n) is 13.7. The van der Waals surface area contributed by atoms with E-state index in [9.17, 15) is 14.7 Å². The van der Waals surface area contributed by atoms with Crippen LogP contribution in [-0.2, 0) is 19.0 Å². The molecule has 0 amide bonds. The Hall–Kier alpha value is -1.34. The molecule has 0 heterocycles. The highest BCUT2D eigenvalue weighted by atomic mass is 16.7. The van der Waals surface area contributed by atoms with Gasteiger partial charge in [-0.15, -0.1) is 0 Å². The fourth-order valence-electron chi connectivity index (χ4n) is 6.13. The van der Waals surface area contributed by atoms with Gasteiger partial charge in [0.2, 0.25) is 0 Å². The summed E-state index contributed by atoms with van der Waals surface area (Å²) in [6.07, 6.45) is 30.5. The molecule has 0 aromatic rings. The zero-order valence-electron chi connectivity index (χ0n) is 31.6. The number of unbranched alkanes of at least 4 members (excludes halogenated alkanes) is 20. The molecule has 7 heteroatoms. The molecule has 0 aliphatic carbocycles. The maximum atomic E-state index is 12.8. The zero-order valence-corrected chi connectivity index (χ0v) is 31.6. The van der Waals surface area contributed by atoms with Gasteiger partial charge in [-0.3, -0.25) is 4.79 Å². The molecule has 1 unspecified atom stereocenters. The van der Waals surface area contributed by atoms with Gasteiger partial charge >= 0.3 is 12.1 Å². The van der Waals surface area contributed by atoms with Crippen molar-refractivity contribution in [2.45, 2.75) is 194 Å². The molecule has 0 saturated heterocycles. The van der Waals surface area contributed by atoms with Crippen molar-refractivity contribution in [3.05, 3.63) is 0 Å². The van der Waals surface area contributed by atoms with Gasteiger partial charge in [0.15, 0.2) is 0 Å². The van der Waals surface area contributed by atoms with Gasteiger partial charge in [-0.2, -0.15) is 0 Å². The average molecular weight is 670 g/mol. The van der Waals surface area contributed by atoms with E-state index in [0.717, 1.165) is 103 Å². The second-order valence-corrected chi connectivity index (χ2v) is 13.7. The molecule has 0 aliphatic heterocycles. The first kappa shape index (κ1) is 45.7. The van der Waals surface area contributed by atoms with Crippen LogP contribution in [0.15, 0.2) is 0 Å². The summed E-state index contributed by atoms with van der Waals surface area (Å²) in [5, 5.41) is 9.50. The van der Waals surface area contributed by atoms with Crippen LogP contribution in [0.5, 0.6) is 0 Å². The molecule has 0 aromatic heterocycles. The van der Waals surface area contributed by atoms with Gasteiger partial charge in [0.1, 0.15) is 0 Å². The van der Waals surface area contributed by atoms with Crippen molar-refractivity contribution < 1.29 is 28.9 Å². The molecule has 1 N–H and O–H groups in total. The van der Waals surface area contributed by atoms with Gasteiger partial charge in [-0.25, -0.2) is 4.79 Å². The lowest BCUT2D eigenvalue weighted by atomic mass is 9.94. The first-order valence-electron chi connectivity index (χ1n) is 20.4. The summed E-state index contributed by atoms with van der Waals surface area (Å²) >= 11 is 0. The summed E-state index contributed by atoms with van der Waals surface area (Å²) in [6, 6.07) is 0. The summed E-state index contributed by atoms with van der Waals surface area (Å²) in [7, 11) is 0. The number of esters is 1. The number of carbonyl (C=O) groups excluding carboxylic acids is 2. The third-order valence-corrected chi connectivity index (χ3v) is 9.23. The Kier molecular flexibility index (Phi) is 36.4. The highest BCUT2D eigenvalue weighted by Crippen LogP contribution is 2.21. The van der Waals surface area contributed by atoms with Crippen molar-refractivity contribution in [2.24, 2.45) is 5.92 Å². The number of ether oxygens (including phenoxy) is 3. The van der Waals surface area contributed by atoms with E-state index in [4.69, 9.17) is 14.2 Å². The van der Waals surface area contributed by atoms with Crippen molar-refractivity contribution in [3.63, 3.8) is 0 Å². The van der Waals surface area contributed by atoms with E-state index in [2.05, 4.69) is 25.7 Å². The molecule has 1 atom stereocenters. The van der Waals surface area contributed by atoms with Gasteiger partial charge < -0.3 is 24.2 Å². The minimum atomic E-state index is -0.534. The van der Waals surface area contributed by atoms with Gasteiger partial charge in [0.05, 0.1) is 32.3 Å². The van der Waals surface area contributed by atoms with Crippen molar-refractivity contribution in [3.8, 4) is 0 Å². The molecule has 0 saturated carbocycles. The number of hydrogen-bond donors (Lipinski definition) is 1. The lowest BCUT2D eigenvalue weighted by Crippen LogP contribution is -2.29. The van der Waals surface area contributed by atoms with E-state index in [0.29, 0.717) is 26.4 Å². The SMILES string of the molecule is CCCCCCCCCOC(=O)OCCCCCCN(CCO)CCCCCCOC(=O)C(CCCCCC)CCCCCCCC. The third-order valence-electron chi connectivity index (χ3n) is 9.23. The Morgan fingerprint density at radius 3 is 1.28 bits per heavy atom. The molecule has 0 radical (unpaired) electrons. The number of rotatable bonds is 37. The standard InChI is InChI=1S/C40H79NO6/c1-4-7-10-13-15-19-27-36-46-40(44)47-37-28-21-18-25-32-41(33-34-42)31-24-17-20-26-35-45-39(43)38(29-22-12-9-6-3)30-23-16-14-11-8-5-2/h38,42H,4-37H2,1-3H3. The summed E-state index contributed by atoms with van der Waals surface area (Å²) in [5.41, 5.74) is 0. The van der Waals surface area contributed by atoms with Gasteiger partial charge in [-0.1, -0.05) is 149 Å². The molecule has 0 aliphatic rings. The lowest BCUT2D eigenvalue weighted by Gasteiger charge is -2.21. The van der Waals surface area contributed by atoms with Crippen molar-refractivity contribution >= 4 is 12.1 Å². The van der Waals surface area contributed by atoms with E-state index in [-0.39, 0.29) is 18.5 Å². The quantitative estimate of drug-likeness (QED) is 0.0520. The van der Waals surface area contributed by atoms with Crippen LogP contribution in [0.3, 0.4) is 0 Å². The Bertz CT molecular complexity index is 661. The average Bonchev–Trinajstić information content (AvgIpc) is 3.07. The van der Waals surface area contributed by atoms with E-state index in [1.165, 1.54) is 83.5 Å². The molecule has 47 heavy (non-hydrogen) atoms. The first-order chi connectivity index (χ1) is 23.1. The third kappa shape index (κ3) is 33.0. The van der Waals surface area contributed by atoms with E-state index < -0.39 is 6.16 Å². The molecule has 0 aromatic carbocycles. The molecule has 0 spiro atoms. The Morgan fingerprint density at radius 2 is 0.830 bits per heavy atom. The number of nitrogens with zero attached hydrogens (tertiary/aromatic N) is 1. The largest absolute Gasteiger partial charge is 0.508 e. The second kappa shape index (κ2) is 37.5. The van der Waals surface area contributed by atoms with Crippen LogP contribution in [0.2, 0.25) is 0 Å². The molecular formula is C40H79NO6. The van der Waals surface area contributed by atoms with E-state index >= 15 is 0 Å². The highest BCUT2D eigenvalue weighted by molar-refractivity contribution is 5.72. The minimum Gasteiger partial charge on any atom is -0.465 e. The van der Waals surface area contributed by atoms with Crippen LogP contribution in [0.4, 0.5) is 4.79 Å². The molecular weight excluding hydrogens is 590 g/mol. The minimum absolute atomic E-state index is 0.0366. The van der Waals surface area contributed by atoms with Crippen LogP contribution in [0.25, 0.3) is 0 Å². The highest BCUT2D eigenvalue weighted by Gasteiger charge is 2.19. The Morgan fingerprint density at radius 1 is 0.468 bits per heavy atom. The number of carbonyl (C=O) groups is 2. The van der Waals surface area contributed by atoms with Gasteiger partial charge in [0, 0.05) is 6.54 Å². The topological polar surface area (TPSA) is 85.3 Å². The van der Waals surface area contributed by atoms with Crippen molar-refractivity contribution in [1.29, 1.82) is 0 Å². The van der Waals surface area contributed by atoms with Crippen molar-refractivity contribution in [1.82, 2.24) is 4.90 Å².